The minimum Gasteiger partial charge on any atom is -0.370 e. The van der Waals surface area contributed by atoms with E-state index in [-0.39, 0.29) is 0 Å². The van der Waals surface area contributed by atoms with Crippen molar-refractivity contribution in [3.8, 4) is 0 Å². The Balaban J connectivity index is 2.02. The SMILES string of the molecule is CCCNc1cccc(N(C)C2CCCCC2)n1. The van der Waals surface area contributed by atoms with Gasteiger partial charge in [0.15, 0.2) is 0 Å². The Kier molecular flexibility index (Phi) is 4.85. The molecule has 1 saturated carbocycles. The van der Waals surface area contributed by atoms with Crippen LogP contribution in [0.5, 0.6) is 0 Å². The summed E-state index contributed by atoms with van der Waals surface area (Å²) in [5.74, 6) is 2.10. The molecule has 1 aliphatic carbocycles. The third-order valence-electron chi connectivity index (χ3n) is 3.77. The Morgan fingerprint density at radius 2 is 2.06 bits per heavy atom. The van der Waals surface area contributed by atoms with Crippen molar-refractivity contribution >= 4 is 11.6 Å². The van der Waals surface area contributed by atoms with Crippen molar-refractivity contribution in [2.24, 2.45) is 0 Å². The second-order valence-electron chi connectivity index (χ2n) is 5.21. The van der Waals surface area contributed by atoms with E-state index in [2.05, 4.69) is 36.3 Å². The van der Waals surface area contributed by atoms with E-state index in [9.17, 15) is 0 Å². The van der Waals surface area contributed by atoms with Crippen LogP contribution in [0.3, 0.4) is 0 Å². The fraction of sp³-hybridized carbons (Fsp3) is 0.667. The highest BCUT2D eigenvalue weighted by Crippen LogP contribution is 2.25. The Morgan fingerprint density at radius 3 is 2.78 bits per heavy atom. The van der Waals surface area contributed by atoms with E-state index in [1.54, 1.807) is 0 Å². The number of nitrogens with one attached hydrogen (secondary N) is 1. The van der Waals surface area contributed by atoms with Crippen LogP contribution in [0.25, 0.3) is 0 Å². The zero-order valence-corrected chi connectivity index (χ0v) is 11.7. The number of hydrogen-bond donors (Lipinski definition) is 1. The van der Waals surface area contributed by atoms with E-state index in [1.165, 1.54) is 32.1 Å². The predicted molar refractivity (Wildman–Crippen MR) is 78.3 cm³/mol. The number of anilines is 2. The molecule has 3 heteroatoms. The topological polar surface area (TPSA) is 28.2 Å². The van der Waals surface area contributed by atoms with Gasteiger partial charge in [0.25, 0.3) is 0 Å². The normalized spacial score (nSPS) is 16.6. The van der Waals surface area contributed by atoms with Crippen molar-refractivity contribution in [1.29, 1.82) is 0 Å². The van der Waals surface area contributed by atoms with Gasteiger partial charge < -0.3 is 10.2 Å². The molecule has 1 aromatic heterocycles. The maximum absolute atomic E-state index is 4.70. The Bertz CT molecular complexity index is 359. The molecule has 0 aliphatic heterocycles. The Hall–Kier alpha value is -1.25. The van der Waals surface area contributed by atoms with E-state index in [1.807, 2.05) is 6.07 Å². The van der Waals surface area contributed by atoms with Gasteiger partial charge in [-0.25, -0.2) is 4.98 Å². The summed E-state index contributed by atoms with van der Waals surface area (Å²) in [4.78, 5) is 7.06. The van der Waals surface area contributed by atoms with Crippen LogP contribution < -0.4 is 10.2 Å². The van der Waals surface area contributed by atoms with Gasteiger partial charge in [-0.2, -0.15) is 0 Å². The summed E-state index contributed by atoms with van der Waals surface area (Å²) in [6.07, 6.45) is 7.88. The van der Waals surface area contributed by atoms with Crippen molar-refractivity contribution in [3.63, 3.8) is 0 Å². The number of nitrogens with zero attached hydrogens (tertiary/aromatic N) is 2. The lowest BCUT2D eigenvalue weighted by Gasteiger charge is -2.32. The maximum atomic E-state index is 4.70. The van der Waals surface area contributed by atoms with Gasteiger partial charge in [-0.1, -0.05) is 32.3 Å². The average Bonchev–Trinajstić information content (AvgIpc) is 2.45. The van der Waals surface area contributed by atoms with E-state index in [4.69, 9.17) is 4.98 Å². The van der Waals surface area contributed by atoms with Gasteiger partial charge in [-0.3, -0.25) is 0 Å². The van der Waals surface area contributed by atoms with Gasteiger partial charge >= 0.3 is 0 Å². The molecule has 1 aliphatic rings. The monoisotopic (exact) mass is 247 g/mol. The van der Waals surface area contributed by atoms with Crippen LogP contribution in [0.4, 0.5) is 11.6 Å². The maximum Gasteiger partial charge on any atom is 0.130 e. The van der Waals surface area contributed by atoms with Gasteiger partial charge in [0.2, 0.25) is 0 Å². The first-order chi connectivity index (χ1) is 8.81. The second kappa shape index (κ2) is 6.62. The molecule has 0 radical (unpaired) electrons. The summed E-state index contributed by atoms with van der Waals surface area (Å²) in [6, 6.07) is 6.94. The Labute approximate surface area is 111 Å². The number of pyridine rings is 1. The average molecular weight is 247 g/mol. The lowest BCUT2D eigenvalue weighted by atomic mass is 9.94. The van der Waals surface area contributed by atoms with Crippen LogP contribution in [0.1, 0.15) is 45.4 Å². The summed E-state index contributed by atoms with van der Waals surface area (Å²) >= 11 is 0. The quantitative estimate of drug-likeness (QED) is 0.860. The molecular weight excluding hydrogens is 222 g/mol. The van der Waals surface area contributed by atoms with E-state index < -0.39 is 0 Å². The van der Waals surface area contributed by atoms with Gasteiger partial charge in [-0.15, -0.1) is 0 Å². The molecule has 0 spiro atoms. The van der Waals surface area contributed by atoms with Crippen molar-refractivity contribution < 1.29 is 0 Å². The third kappa shape index (κ3) is 3.37. The van der Waals surface area contributed by atoms with Crippen molar-refractivity contribution in [1.82, 2.24) is 4.98 Å². The van der Waals surface area contributed by atoms with Crippen molar-refractivity contribution in [2.75, 3.05) is 23.8 Å². The first-order valence-corrected chi connectivity index (χ1v) is 7.25. The van der Waals surface area contributed by atoms with E-state index in [0.29, 0.717) is 6.04 Å². The fourth-order valence-electron chi connectivity index (χ4n) is 2.63. The molecule has 2 rings (SSSR count). The summed E-state index contributed by atoms with van der Waals surface area (Å²) in [5.41, 5.74) is 0. The van der Waals surface area contributed by atoms with Crippen LogP contribution in [-0.4, -0.2) is 24.6 Å². The molecule has 1 fully saturated rings. The minimum absolute atomic E-state index is 0.674. The smallest absolute Gasteiger partial charge is 0.130 e. The summed E-state index contributed by atoms with van der Waals surface area (Å²) in [7, 11) is 2.18. The molecule has 1 N–H and O–H groups in total. The molecule has 0 bridgehead atoms. The lowest BCUT2D eigenvalue weighted by Crippen LogP contribution is -2.33. The molecule has 1 aromatic rings. The van der Waals surface area contributed by atoms with Crippen molar-refractivity contribution in [3.05, 3.63) is 18.2 Å². The van der Waals surface area contributed by atoms with E-state index in [0.717, 1.165) is 24.6 Å². The van der Waals surface area contributed by atoms with E-state index >= 15 is 0 Å². The van der Waals surface area contributed by atoms with Gasteiger partial charge in [0, 0.05) is 19.6 Å². The molecule has 0 saturated heterocycles. The zero-order valence-electron chi connectivity index (χ0n) is 11.7. The second-order valence-corrected chi connectivity index (χ2v) is 5.21. The highest BCUT2D eigenvalue weighted by molar-refractivity contribution is 5.47. The molecule has 0 amide bonds. The minimum atomic E-state index is 0.674. The van der Waals surface area contributed by atoms with Gasteiger partial charge in [0.05, 0.1) is 0 Å². The molecule has 0 unspecified atom stereocenters. The van der Waals surface area contributed by atoms with Crippen LogP contribution in [0.15, 0.2) is 18.2 Å². The molecule has 0 atom stereocenters. The zero-order chi connectivity index (χ0) is 12.8. The van der Waals surface area contributed by atoms with Crippen LogP contribution in [0, 0.1) is 0 Å². The summed E-state index contributed by atoms with van der Waals surface area (Å²) in [6.45, 7) is 3.16. The third-order valence-corrected chi connectivity index (χ3v) is 3.77. The first-order valence-electron chi connectivity index (χ1n) is 7.25. The lowest BCUT2D eigenvalue weighted by molar-refractivity contribution is 0.426. The fourth-order valence-corrected chi connectivity index (χ4v) is 2.63. The summed E-state index contributed by atoms with van der Waals surface area (Å²) in [5, 5.41) is 3.35. The van der Waals surface area contributed by atoms with Crippen LogP contribution in [0.2, 0.25) is 0 Å². The largest absolute Gasteiger partial charge is 0.370 e. The molecule has 0 aromatic carbocycles. The van der Waals surface area contributed by atoms with Crippen LogP contribution >= 0.6 is 0 Å². The Morgan fingerprint density at radius 1 is 1.28 bits per heavy atom. The number of rotatable bonds is 5. The number of hydrogen-bond acceptors (Lipinski definition) is 3. The predicted octanol–water partition coefficient (Wildman–Crippen LogP) is 3.67. The molecular formula is C15H25N3. The number of aromatic nitrogens is 1. The molecule has 1 heterocycles. The molecule has 3 nitrogen and oxygen atoms in total. The van der Waals surface area contributed by atoms with Crippen LogP contribution in [-0.2, 0) is 0 Å². The first kappa shape index (κ1) is 13.2. The summed E-state index contributed by atoms with van der Waals surface area (Å²) < 4.78 is 0. The highest BCUT2D eigenvalue weighted by atomic mass is 15.2. The van der Waals surface area contributed by atoms with Crippen molar-refractivity contribution in [2.45, 2.75) is 51.5 Å². The van der Waals surface area contributed by atoms with Gasteiger partial charge in [-0.05, 0) is 31.4 Å². The molecule has 100 valence electrons. The molecule has 18 heavy (non-hydrogen) atoms. The standard InChI is InChI=1S/C15H25N3/c1-3-12-16-14-10-7-11-15(17-14)18(2)13-8-5-4-6-9-13/h7,10-11,13H,3-6,8-9,12H2,1-2H3,(H,16,17). The highest BCUT2D eigenvalue weighted by Gasteiger charge is 2.19. The van der Waals surface area contributed by atoms with Gasteiger partial charge in [0.1, 0.15) is 11.6 Å².